The van der Waals surface area contributed by atoms with E-state index < -0.39 is 0 Å². The number of H-pyrrole nitrogens is 1. The smallest absolute Gasteiger partial charge is 0.251 e. The summed E-state index contributed by atoms with van der Waals surface area (Å²) in [5.74, 6) is 0.612. The number of hydrogen-bond donors (Lipinski definition) is 1. The number of benzene rings is 3. The molecule has 4 aromatic rings. The first-order valence-corrected chi connectivity index (χ1v) is 10.6. The van der Waals surface area contributed by atoms with Crippen LogP contribution in [0.5, 0.6) is 0 Å². The van der Waals surface area contributed by atoms with E-state index in [0.29, 0.717) is 12.2 Å². The topological polar surface area (TPSA) is 45.8 Å². The lowest BCUT2D eigenvalue weighted by molar-refractivity contribution is 0.795. The Labute approximate surface area is 177 Å². The van der Waals surface area contributed by atoms with Gasteiger partial charge in [-0.1, -0.05) is 92.2 Å². The average Bonchev–Trinajstić information content (AvgIpc) is 2.78. The molecule has 0 saturated heterocycles. The van der Waals surface area contributed by atoms with Crippen LogP contribution in [0.2, 0.25) is 0 Å². The zero-order valence-electron chi connectivity index (χ0n) is 17.3. The third-order valence-electron chi connectivity index (χ3n) is 5.31. The molecule has 0 spiro atoms. The van der Waals surface area contributed by atoms with Gasteiger partial charge in [0.1, 0.15) is 5.82 Å². The zero-order chi connectivity index (χ0) is 20.8. The Balaban J connectivity index is 1.77. The molecule has 4 rings (SSSR count). The second-order valence-electron chi connectivity index (χ2n) is 7.55. The number of unbranched alkanes of at least 4 members (excludes halogenated alkanes) is 1. The SMILES string of the molecule is CCCCc1cccc(Cc2cc(=O)[nH]c(-c3ccccc3)n2)c1-c1ccccc1. The van der Waals surface area contributed by atoms with Gasteiger partial charge in [0.05, 0.1) is 5.69 Å². The summed E-state index contributed by atoms with van der Waals surface area (Å²) in [4.78, 5) is 20.0. The molecule has 3 aromatic carbocycles. The standard InChI is InChI=1S/C27H26N2O/c1-2-3-11-20-16-10-17-23(26(20)21-12-6-4-7-13-21)18-24-19-25(30)29-27(28-24)22-14-8-5-9-15-22/h4-10,12-17,19H,2-3,11,18H2,1H3,(H,28,29,30). The highest BCUT2D eigenvalue weighted by molar-refractivity contribution is 5.71. The lowest BCUT2D eigenvalue weighted by Crippen LogP contribution is -2.11. The molecule has 0 aliphatic carbocycles. The maximum absolute atomic E-state index is 12.3. The van der Waals surface area contributed by atoms with Crippen LogP contribution < -0.4 is 5.56 Å². The molecule has 0 bridgehead atoms. The van der Waals surface area contributed by atoms with Crippen molar-refractivity contribution in [3.63, 3.8) is 0 Å². The molecule has 0 radical (unpaired) electrons. The number of rotatable bonds is 7. The van der Waals surface area contributed by atoms with Gasteiger partial charge >= 0.3 is 0 Å². The third kappa shape index (κ3) is 4.57. The maximum atomic E-state index is 12.3. The van der Waals surface area contributed by atoms with Crippen molar-refractivity contribution in [2.45, 2.75) is 32.6 Å². The quantitative estimate of drug-likeness (QED) is 0.415. The van der Waals surface area contributed by atoms with Crippen LogP contribution in [0.25, 0.3) is 22.5 Å². The minimum Gasteiger partial charge on any atom is -0.307 e. The van der Waals surface area contributed by atoms with Gasteiger partial charge in [0.25, 0.3) is 5.56 Å². The van der Waals surface area contributed by atoms with Crippen LogP contribution in [-0.4, -0.2) is 9.97 Å². The Morgan fingerprint density at radius 1 is 0.800 bits per heavy atom. The molecule has 0 saturated carbocycles. The summed E-state index contributed by atoms with van der Waals surface area (Å²) in [6, 6.07) is 28.4. The average molecular weight is 395 g/mol. The lowest BCUT2D eigenvalue weighted by Gasteiger charge is -2.15. The van der Waals surface area contributed by atoms with E-state index in [2.05, 4.69) is 54.4 Å². The van der Waals surface area contributed by atoms with E-state index in [1.165, 1.54) is 22.3 Å². The first-order valence-electron chi connectivity index (χ1n) is 10.6. The van der Waals surface area contributed by atoms with Gasteiger partial charge in [-0.25, -0.2) is 4.98 Å². The van der Waals surface area contributed by atoms with Crippen LogP contribution in [-0.2, 0) is 12.8 Å². The number of nitrogens with zero attached hydrogens (tertiary/aromatic N) is 1. The van der Waals surface area contributed by atoms with Gasteiger partial charge in [-0.3, -0.25) is 4.79 Å². The molecule has 0 unspecified atom stereocenters. The fraction of sp³-hybridized carbons (Fsp3) is 0.185. The Kier molecular flexibility index (Phi) is 6.19. The molecular weight excluding hydrogens is 368 g/mol. The molecule has 0 amide bonds. The van der Waals surface area contributed by atoms with Crippen LogP contribution in [0.15, 0.2) is 89.7 Å². The monoisotopic (exact) mass is 394 g/mol. The Morgan fingerprint density at radius 3 is 2.17 bits per heavy atom. The highest BCUT2D eigenvalue weighted by Crippen LogP contribution is 2.30. The second kappa shape index (κ2) is 9.36. The number of aryl methyl sites for hydroxylation is 1. The van der Waals surface area contributed by atoms with Crippen molar-refractivity contribution in [1.29, 1.82) is 0 Å². The predicted octanol–water partition coefficient (Wildman–Crippen LogP) is 6.04. The molecule has 0 atom stereocenters. The summed E-state index contributed by atoms with van der Waals surface area (Å²) in [7, 11) is 0. The molecule has 1 N–H and O–H groups in total. The van der Waals surface area contributed by atoms with E-state index in [1.807, 2.05) is 36.4 Å². The third-order valence-corrected chi connectivity index (χ3v) is 5.31. The molecule has 1 heterocycles. The minimum absolute atomic E-state index is 0.123. The molecule has 0 aliphatic heterocycles. The Hall–Kier alpha value is -3.46. The van der Waals surface area contributed by atoms with Gasteiger partial charge in [0.15, 0.2) is 0 Å². The largest absolute Gasteiger partial charge is 0.307 e. The molecule has 0 aliphatic rings. The molecule has 3 heteroatoms. The van der Waals surface area contributed by atoms with Crippen LogP contribution in [0.3, 0.4) is 0 Å². The molecule has 1 aromatic heterocycles. The van der Waals surface area contributed by atoms with Crippen LogP contribution in [0.1, 0.15) is 36.6 Å². The van der Waals surface area contributed by atoms with Crippen molar-refractivity contribution >= 4 is 0 Å². The number of nitrogens with one attached hydrogen (secondary N) is 1. The summed E-state index contributed by atoms with van der Waals surface area (Å²) in [6.07, 6.45) is 3.99. The van der Waals surface area contributed by atoms with Gasteiger partial charge in [-0.05, 0) is 35.1 Å². The van der Waals surface area contributed by atoms with Crippen molar-refractivity contribution in [3.05, 3.63) is 112 Å². The van der Waals surface area contributed by atoms with Gasteiger partial charge in [0.2, 0.25) is 0 Å². The van der Waals surface area contributed by atoms with Gasteiger partial charge in [-0.2, -0.15) is 0 Å². The predicted molar refractivity (Wildman–Crippen MR) is 124 cm³/mol. The highest BCUT2D eigenvalue weighted by atomic mass is 16.1. The molecule has 0 fully saturated rings. The minimum atomic E-state index is -0.123. The van der Waals surface area contributed by atoms with Crippen LogP contribution >= 0.6 is 0 Å². The molecule has 30 heavy (non-hydrogen) atoms. The van der Waals surface area contributed by atoms with Crippen molar-refractivity contribution < 1.29 is 0 Å². The van der Waals surface area contributed by atoms with Crippen LogP contribution in [0, 0.1) is 0 Å². The summed E-state index contributed by atoms with van der Waals surface area (Å²) in [6.45, 7) is 2.22. The number of hydrogen-bond acceptors (Lipinski definition) is 2. The van der Waals surface area contributed by atoms with Crippen molar-refractivity contribution in [1.82, 2.24) is 9.97 Å². The molecular formula is C27H26N2O. The lowest BCUT2D eigenvalue weighted by atomic mass is 9.90. The van der Waals surface area contributed by atoms with Gasteiger partial charge in [-0.15, -0.1) is 0 Å². The van der Waals surface area contributed by atoms with E-state index in [0.717, 1.165) is 30.5 Å². The summed E-state index contributed by atoms with van der Waals surface area (Å²) in [5.41, 5.74) is 6.61. The number of aromatic nitrogens is 2. The fourth-order valence-electron chi connectivity index (χ4n) is 3.88. The first-order chi connectivity index (χ1) is 14.7. The normalized spacial score (nSPS) is 10.8. The molecule has 3 nitrogen and oxygen atoms in total. The van der Waals surface area contributed by atoms with Crippen molar-refractivity contribution in [3.8, 4) is 22.5 Å². The maximum Gasteiger partial charge on any atom is 0.251 e. The van der Waals surface area contributed by atoms with Crippen LogP contribution in [0.4, 0.5) is 0 Å². The van der Waals surface area contributed by atoms with E-state index in [4.69, 9.17) is 4.98 Å². The fourth-order valence-corrected chi connectivity index (χ4v) is 3.88. The Morgan fingerprint density at radius 2 is 1.47 bits per heavy atom. The van der Waals surface area contributed by atoms with Crippen molar-refractivity contribution in [2.75, 3.05) is 0 Å². The summed E-state index contributed by atoms with van der Waals surface area (Å²) >= 11 is 0. The first kappa shape index (κ1) is 19.8. The van der Waals surface area contributed by atoms with E-state index in [-0.39, 0.29) is 5.56 Å². The van der Waals surface area contributed by atoms with E-state index >= 15 is 0 Å². The second-order valence-corrected chi connectivity index (χ2v) is 7.55. The van der Waals surface area contributed by atoms with E-state index in [9.17, 15) is 4.79 Å². The van der Waals surface area contributed by atoms with Gasteiger partial charge < -0.3 is 4.98 Å². The number of aromatic amines is 1. The highest BCUT2D eigenvalue weighted by Gasteiger charge is 2.13. The van der Waals surface area contributed by atoms with E-state index in [1.54, 1.807) is 6.07 Å². The van der Waals surface area contributed by atoms with Gasteiger partial charge in [0, 0.05) is 18.1 Å². The summed E-state index contributed by atoms with van der Waals surface area (Å²) < 4.78 is 0. The summed E-state index contributed by atoms with van der Waals surface area (Å²) in [5, 5.41) is 0. The Bertz CT molecular complexity index is 1160. The van der Waals surface area contributed by atoms with Crippen molar-refractivity contribution in [2.24, 2.45) is 0 Å². The molecule has 150 valence electrons. The zero-order valence-corrected chi connectivity index (χ0v) is 17.3.